The molecule has 0 atom stereocenters. The molecule has 1 aromatic carbocycles. The molecule has 2 aliphatic rings. The first kappa shape index (κ1) is 21.4. The van der Waals surface area contributed by atoms with E-state index < -0.39 is 17.5 Å². The van der Waals surface area contributed by atoms with Gasteiger partial charge in [0, 0.05) is 50.0 Å². The fraction of sp³-hybridized carbons (Fsp3) is 0.619. The normalized spacial score (nSPS) is 22.9. The highest BCUT2D eigenvalue weighted by molar-refractivity contribution is 5.78. The van der Waals surface area contributed by atoms with E-state index in [2.05, 4.69) is 10.2 Å². The Morgan fingerprint density at radius 1 is 1.07 bits per heavy atom. The van der Waals surface area contributed by atoms with Crippen molar-refractivity contribution in [2.75, 3.05) is 37.6 Å². The van der Waals surface area contributed by atoms with Gasteiger partial charge in [0.25, 0.3) is 0 Å². The van der Waals surface area contributed by atoms with Crippen molar-refractivity contribution < 1.29 is 18.0 Å². The molecule has 1 aliphatic carbocycles. The number of nitrogens with zero attached hydrogens (tertiary/aromatic N) is 3. The molecule has 1 N–H and O–H groups in total. The van der Waals surface area contributed by atoms with Crippen molar-refractivity contribution in [3.63, 3.8) is 0 Å². The van der Waals surface area contributed by atoms with E-state index in [0.29, 0.717) is 24.7 Å². The summed E-state index contributed by atoms with van der Waals surface area (Å²) in [5.74, 6) is -3.28. The van der Waals surface area contributed by atoms with E-state index in [1.165, 1.54) is 0 Å². The number of anilines is 1. The van der Waals surface area contributed by atoms with Crippen LogP contribution in [0.25, 0.3) is 0 Å². The SMILES string of the molecule is N#CCC(=O)NC1CCC(CCN2CCN(c3cc(F)c(F)c(F)c3)CC2)CC1. The van der Waals surface area contributed by atoms with Gasteiger partial charge in [-0.25, -0.2) is 13.2 Å². The summed E-state index contributed by atoms with van der Waals surface area (Å²) in [6.45, 7) is 3.90. The van der Waals surface area contributed by atoms with Gasteiger partial charge in [-0.05, 0) is 44.6 Å². The predicted octanol–water partition coefficient (Wildman–Crippen LogP) is 3.20. The molecule has 1 heterocycles. The van der Waals surface area contributed by atoms with Crippen LogP contribution in [0.4, 0.5) is 18.9 Å². The van der Waals surface area contributed by atoms with Gasteiger partial charge in [0.05, 0.1) is 6.07 Å². The van der Waals surface area contributed by atoms with Gasteiger partial charge >= 0.3 is 0 Å². The molecule has 0 radical (unpaired) electrons. The molecule has 3 rings (SSSR count). The van der Waals surface area contributed by atoms with Gasteiger partial charge < -0.3 is 10.2 Å². The molecule has 5 nitrogen and oxygen atoms in total. The summed E-state index contributed by atoms with van der Waals surface area (Å²) < 4.78 is 40.0. The Bertz CT molecular complexity index is 728. The van der Waals surface area contributed by atoms with Crippen molar-refractivity contribution in [2.24, 2.45) is 5.92 Å². The van der Waals surface area contributed by atoms with E-state index in [1.54, 1.807) is 0 Å². The van der Waals surface area contributed by atoms with E-state index in [1.807, 2.05) is 11.0 Å². The lowest BCUT2D eigenvalue weighted by molar-refractivity contribution is -0.121. The maximum absolute atomic E-state index is 13.4. The van der Waals surface area contributed by atoms with Crippen LogP contribution < -0.4 is 10.2 Å². The molecule has 1 amide bonds. The Balaban J connectivity index is 1.37. The number of hydrogen-bond acceptors (Lipinski definition) is 4. The molecule has 0 aromatic heterocycles. The van der Waals surface area contributed by atoms with E-state index in [4.69, 9.17) is 5.26 Å². The van der Waals surface area contributed by atoms with Crippen molar-refractivity contribution >= 4 is 11.6 Å². The maximum atomic E-state index is 13.4. The molecular weight excluding hydrogens is 381 g/mol. The van der Waals surface area contributed by atoms with Crippen LogP contribution in [0.3, 0.4) is 0 Å². The predicted molar refractivity (Wildman–Crippen MR) is 104 cm³/mol. The van der Waals surface area contributed by atoms with Gasteiger partial charge in [-0.1, -0.05) is 0 Å². The molecule has 1 aliphatic heterocycles. The first-order chi connectivity index (χ1) is 14.0. The van der Waals surface area contributed by atoms with Gasteiger partial charge in [0.2, 0.25) is 5.91 Å². The second kappa shape index (κ2) is 9.97. The first-order valence-electron chi connectivity index (χ1n) is 10.2. The van der Waals surface area contributed by atoms with Gasteiger partial charge in [-0.2, -0.15) is 5.26 Å². The van der Waals surface area contributed by atoms with E-state index >= 15 is 0 Å². The second-order valence-electron chi connectivity index (χ2n) is 7.96. The Morgan fingerprint density at radius 2 is 1.69 bits per heavy atom. The number of carbonyl (C=O) groups is 1. The molecule has 0 spiro atoms. The highest BCUT2D eigenvalue weighted by atomic mass is 19.2. The number of hydrogen-bond donors (Lipinski definition) is 1. The van der Waals surface area contributed by atoms with Gasteiger partial charge in [0.15, 0.2) is 17.5 Å². The lowest BCUT2D eigenvalue weighted by Crippen LogP contribution is -2.47. The van der Waals surface area contributed by atoms with Gasteiger partial charge in [0.1, 0.15) is 6.42 Å². The Hall–Kier alpha value is -2.27. The quantitative estimate of drug-likeness (QED) is 0.735. The number of carbonyl (C=O) groups excluding carboxylic acids is 1. The van der Waals surface area contributed by atoms with Crippen molar-refractivity contribution in [3.05, 3.63) is 29.6 Å². The van der Waals surface area contributed by atoms with Crippen LogP contribution in [-0.4, -0.2) is 49.6 Å². The van der Waals surface area contributed by atoms with Crippen molar-refractivity contribution in [1.82, 2.24) is 10.2 Å². The largest absolute Gasteiger partial charge is 0.369 e. The first-order valence-corrected chi connectivity index (χ1v) is 10.2. The summed E-state index contributed by atoms with van der Waals surface area (Å²) in [6, 6.07) is 4.17. The molecule has 0 bridgehead atoms. The van der Waals surface area contributed by atoms with Crippen LogP contribution in [0.2, 0.25) is 0 Å². The summed E-state index contributed by atoms with van der Waals surface area (Å²) in [6.07, 6.45) is 5.08. The summed E-state index contributed by atoms with van der Waals surface area (Å²) >= 11 is 0. The smallest absolute Gasteiger partial charge is 0.234 e. The van der Waals surface area contributed by atoms with Crippen LogP contribution in [0, 0.1) is 34.7 Å². The number of halogens is 3. The van der Waals surface area contributed by atoms with Crippen LogP contribution in [0.5, 0.6) is 0 Å². The molecule has 0 unspecified atom stereocenters. The highest BCUT2D eigenvalue weighted by Gasteiger charge is 2.24. The molecule has 29 heavy (non-hydrogen) atoms. The van der Waals surface area contributed by atoms with Crippen molar-refractivity contribution in [1.29, 1.82) is 5.26 Å². The van der Waals surface area contributed by atoms with Gasteiger partial charge in [-0.15, -0.1) is 0 Å². The number of benzene rings is 1. The highest BCUT2D eigenvalue weighted by Crippen LogP contribution is 2.28. The van der Waals surface area contributed by atoms with E-state index in [-0.39, 0.29) is 18.4 Å². The zero-order chi connectivity index (χ0) is 20.8. The molecule has 2 fully saturated rings. The van der Waals surface area contributed by atoms with Crippen LogP contribution >= 0.6 is 0 Å². The number of rotatable bonds is 6. The van der Waals surface area contributed by atoms with Crippen molar-refractivity contribution in [3.8, 4) is 6.07 Å². The van der Waals surface area contributed by atoms with Gasteiger partial charge in [-0.3, -0.25) is 9.69 Å². The molecular formula is C21H27F3N4O. The van der Waals surface area contributed by atoms with E-state index in [0.717, 1.165) is 63.9 Å². The molecule has 158 valence electrons. The van der Waals surface area contributed by atoms with Crippen molar-refractivity contribution in [2.45, 2.75) is 44.6 Å². The molecule has 1 saturated heterocycles. The minimum absolute atomic E-state index is 0.0802. The fourth-order valence-electron chi connectivity index (χ4n) is 4.27. The minimum atomic E-state index is -1.42. The zero-order valence-electron chi connectivity index (χ0n) is 16.5. The average molecular weight is 408 g/mol. The second-order valence-corrected chi connectivity index (χ2v) is 7.96. The third-order valence-electron chi connectivity index (χ3n) is 6.01. The monoisotopic (exact) mass is 408 g/mol. The third kappa shape index (κ3) is 5.86. The van der Waals surface area contributed by atoms with E-state index in [9.17, 15) is 18.0 Å². The average Bonchev–Trinajstić information content (AvgIpc) is 2.72. The maximum Gasteiger partial charge on any atom is 0.234 e. The topological polar surface area (TPSA) is 59.4 Å². The molecule has 8 heteroatoms. The standard InChI is InChI=1S/C21H27F3N4O/c22-18-13-17(14-19(23)21(18)24)28-11-9-27(10-12-28)8-6-15-1-3-16(4-2-15)26-20(29)5-7-25/h13-16H,1-6,8-12H2,(H,26,29). The van der Waals surface area contributed by atoms with Crippen LogP contribution in [0.1, 0.15) is 38.5 Å². The number of nitriles is 1. The number of piperazine rings is 1. The zero-order valence-corrected chi connectivity index (χ0v) is 16.5. The fourth-order valence-corrected chi connectivity index (χ4v) is 4.27. The lowest BCUT2D eigenvalue weighted by atomic mass is 9.84. The Kier molecular flexibility index (Phi) is 7.37. The molecule has 1 saturated carbocycles. The third-order valence-corrected chi connectivity index (χ3v) is 6.01. The molecule has 1 aromatic rings. The summed E-state index contributed by atoms with van der Waals surface area (Å²) in [7, 11) is 0. The number of nitrogens with one attached hydrogen (secondary N) is 1. The van der Waals surface area contributed by atoms with Crippen LogP contribution in [0.15, 0.2) is 12.1 Å². The van der Waals surface area contributed by atoms with Crippen LogP contribution in [-0.2, 0) is 4.79 Å². The minimum Gasteiger partial charge on any atom is -0.369 e. The summed E-state index contributed by atoms with van der Waals surface area (Å²) in [4.78, 5) is 15.7. The summed E-state index contributed by atoms with van der Waals surface area (Å²) in [5.41, 5.74) is 0.387. The Labute approximate surface area is 169 Å². The Morgan fingerprint density at radius 3 is 2.28 bits per heavy atom. The lowest BCUT2D eigenvalue weighted by Gasteiger charge is -2.37. The number of amides is 1. The summed E-state index contributed by atoms with van der Waals surface area (Å²) in [5, 5.41) is 11.5.